The van der Waals surface area contributed by atoms with Crippen molar-refractivity contribution < 1.29 is 19.1 Å². The lowest BCUT2D eigenvalue weighted by Crippen LogP contribution is -2.44. The number of rotatable bonds is 6. The molecule has 0 saturated carbocycles. The Kier molecular flexibility index (Phi) is 7.42. The first-order valence-corrected chi connectivity index (χ1v) is 13.0. The van der Waals surface area contributed by atoms with Gasteiger partial charge in [0.15, 0.2) is 11.5 Å². The maximum atomic E-state index is 13.9. The molecule has 35 heavy (non-hydrogen) atoms. The van der Waals surface area contributed by atoms with Crippen LogP contribution in [0.4, 0.5) is 5.69 Å². The molecule has 0 radical (unpaired) electrons. The van der Waals surface area contributed by atoms with Crippen LogP contribution in [-0.4, -0.2) is 44.2 Å². The van der Waals surface area contributed by atoms with Crippen LogP contribution in [0.1, 0.15) is 39.0 Å². The van der Waals surface area contributed by atoms with Gasteiger partial charge in [-0.25, -0.2) is 0 Å². The highest BCUT2D eigenvalue weighted by Crippen LogP contribution is 2.46. The number of hydrogen-bond acceptors (Lipinski definition) is 5. The predicted octanol–water partition coefficient (Wildman–Crippen LogP) is 6.05. The number of hydrogen-bond donors (Lipinski definition) is 1. The lowest BCUT2D eigenvalue weighted by molar-refractivity contribution is -0.119. The Morgan fingerprint density at radius 3 is 2.29 bits per heavy atom. The summed E-state index contributed by atoms with van der Waals surface area (Å²) in [7, 11) is 4.80. The molecule has 0 saturated heterocycles. The number of nitrogens with one attached hydrogen (secondary N) is 1. The molecule has 3 aromatic rings. The number of benzene rings is 3. The minimum atomic E-state index is -0.680. The molecule has 0 aliphatic carbocycles. The van der Waals surface area contributed by atoms with Gasteiger partial charge in [-0.2, -0.15) is 0 Å². The highest BCUT2D eigenvalue weighted by molar-refractivity contribution is 9.10. The zero-order valence-corrected chi connectivity index (χ0v) is 22.6. The van der Waals surface area contributed by atoms with Crippen molar-refractivity contribution in [2.45, 2.75) is 23.8 Å². The van der Waals surface area contributed by atoms with Crippen LogP contribution >= 0.6 is 27.7 Å². The highest BCUT2D eigenvalue weighted by Gasteiger charge is 2.43. The van der Waals surface area contributed by atoms with Gasteiger partial charge in [-0.15, -0.1) is 11.8 Å². The predicted molar refractivity (Wildman–Crippen MR) is 143 cm³/mol. The average Bonchev–Trinajstić information content (AvgIpc) is 2.86. The summed E-state index contributed by atoms with van der Waals surface area (Å²) >= 11 is 5.19. The largest absolute Gasteiger partial charge is 0.493 e. The molecule has 6 nitrogen and oxygen atoms in total. The third-order valence-electron chi connectivity index (χ3n) is 6.30. The molecule has 2 atom stereocenters. The molecular formula is C27H27BrN2O4S. The molecule has 1 aliphatic rings. The zero-order chi connectivity index (χ0) is 25.3. The van der Waals surface area contributed by atoms with Crippen molar-refractivity contribution >= 4 is 45.2 Å². The number of methoxy groups -OCH3 is 2. The molecule has 1 heterocycles. The van der Waals surface area contributed by atoms with Gasteiger partial charge in [0.25, 0.3) is 5.91 Å². The minimum Gasteiger partial charge on any atom is -0.493 e. The molecular weight excluding hydrogens is 528 g/mol. The first-order chi connectivity index (χ1) is 16.8. The SMILES string of the molecule is COc1cc2c(cc1OC)C(C(=O)Nc1ccc(C)cc1Br)C(c1ccc(SC)cc1)N(C)C2=O. The van der Waals surface area contributed by atoms with E-state index >= 15 is 0 Å². The molecule has 2 unspecified atom stereocenters. The van der Waals surface area contributed by atoms with Crippen molar-refractivity contribution in [2.24, 2.45) is 0 Å². The van der Waals surface area contributed by atoms with E-state index in [-0.39, 0.29) is 11.8 Å². The summed E-state index contributed by atoms with van der Waals surface area (Å²) in [5.41, 5.74) is 3.64. The zero-order valence-electron chi connectivity index (χ0n) is 20.2. The van der Waals surface area contributed by atoms with Gasteiger partial charge in [-0.05, 0) is 82.2 Å². The van der Waals surface area contributed by atoms with E-state index in [0.29, 0.717) is 28.3 Å². The quantitative estimate of drug-likeness (QED) is 0.376. The van der Waals surface area contributed by atoms with Crippen molar-refractivity contribution in [1.29, 1.82) is 0 Å². The van der Waals surface area contributed by atoms with Gasteiger partial charge in [-0.1, -0.05) is 18.2 Å². The Labute approximate surface area is 218 Å². The Bertz CT molecular complexity index is 1280. The Morgan fingerprint density at radius 1 is 1.03 bits per heavy atom. The third-order valence-corrected chi connectivity index (χ3v) is 7.70. The van der Waals surface area contributed by atoms with Gasteiger partial charge in [0, 0.05) is 22.0 Å². The molecule has 182 valence electrons. The molecule has 0 aromatic heterocycles. The van der Waals surface area contributed by atoms with E-state index < -0.39 is 12.0 Å². The van der Waals surface area contributed by atoms with Gasteiger partial charge >= 0.3 is 0 Å². The Hall–Kier alpha value is -2.97. The topological polar surface area (TPSA) is 67.9 Å². The standard InChI is InChI=1S/C27H27BrN2O4S/c1-15-6-11-21(20(28)12-15)29-26(31)24-18-13-22(33-3)23(34-4)14-19(18)27(32)30(2)25(24)16-7-9-17(35-5)10-8-16/h6-14,24-25H,1-5H3,(H,29,31). The van der Waals surface area contributed by atoms with Crippen LogP contribution in [0, 0.1) is 6.92 Å². The first-order valence-electron chi connectivity index (χ1n) is 11.0. The summed E-state index contributed by atoms with van der Waals surface area (Å²) in [5, 5.41) is 3.07. The van der Waals surface area contributed by atoms with Gasteiger partial charge in [0.05, 0.1) is 31.9 Å². The molecule has 2 amide bonds. The van der Waals surface area contributed by atoms with E-state index in [0.717, 1.165) is 20.5 Å². The van der Waals surface area contributed by atoms with Crippen LogP contribution in [0.3, 0.4) is 0 Å². The van der Waals surface area contributed by atoms with Crippen molar-refractivity contribution in [3.05, 3.63) is 81.3 Å². The fraction of sp³-hybridized carbons (Fsp3) is 0.259. The molecule has 8 heteroatoms. The summed E-state index contributed by atoms with van der Waals surface area (Å²) in [6.07, 6.45) is 2.01. The molecule has 0 bridgehead atoms. The third kappa shape index (κ3) is 4.77. The molecule has 1 N–H and O–H groups in total. The van der Waals surface area contributed by atoms with Crippen molar-refractivity contribution in [3.8, 4) is 11.5 Å². The van der Waals surface area contributed by atoms with Crippen LogP contribution in [0.2, 0.25) is 0 Å². The van der Waals surface area contributed by atoms with E-state index in [9.17, 15) is 9.59 Å². The van der Waals surface area contributed by atoms with Crippen LogP contribution in [0.15, 0.2) is 64.0 Å². The van der Waals surface area contributed by atoms with Crippen LogP contribution in [0.5, 0.6) is 11.5 Å². The summed E-state index contributed by atoms with van der Waals surface area (Å²) in [4.78, 5) is 30.2. The van der Waals surface area contributed by atoms with Crippen molar-refractivity contribution in [1.82, 2.24) is 4.90 Å². The van der Waals surface area contributed by atoms with E-state index in [2.05, 4.69) is 21.2 Å². The Balaban J connectivity index is 1.87. The number of fused-ring (bicyclic) bond motifs is 1. The van der Waals surface area contributed by atoms with Crippen LogP contribution < -0.4 is 14.8 Å². The number of aryl methyl sites for hydroxylation is 1. The highest BCUT2D eigenvalue weighted by atomic mass is 79.9. The molecule has 0 fully saturated rings. The van der Waals surface area contributed by atoms with Crippen LogP contribution in [-0.2, 0) is 4.79 Å². The monoisotopic (exact) mass is 554 g/mol. The van der Waals surface area contributed by atoms with Gasteiger partial charge < -0.3 is 19.7 Å². The number of carbonyl (C=O) groups is 2. The number of ether oxygens (including phenoxy) is 2. The van der Waals surface area contributed by atoms with E-state index in [1.807, 2.05) is 55.6 Å². The summed E-state index contributed by atoms with van der Waals surface area (Å²) < 4.78 is 11.7. The van der Waals surface area contributed by atoms with Gasteiger partial charge in [0.1, 0.15) is 0 Å². The molecule has 4 rings (SSSR count). The lowest BCUT2D eigenvalue weighted by Gasteiger charge is -2.40. The Morgan fingerprint density at radius 2 is 1.69 bits per heavy atom. The lowest BCUT2D eigenvalue weighted by atomic mass is 9.79. The van der Waals surface area contributed by atoms with Gasteiger partial charge in [0.2, 0.25) is 5.91 Å². The van der Waals surface area contributed by atoms with E-state index in [1.54, 1.807) is 35.8 Å². The molecule has 0 spiro atoms. The summed E-state index contributed by atoms with van der Waals surface area (Å²) in [5.74, 6) is -0.173. The molecule has 1 aliphatic heterocycles. The van der Waals surface area contributed by atoms with Crippen molar-refractivity contribution in [3.63, 3.8) is 0 Å². The maximum Gasteiger partial charge on any atom is 0.254 e. The maximum absolute atomic E-state index is 13.9. The fourth-order valence-corrected chi connectivity index (χ4v) is 5.48. The van der Waals surface area contributed by atoms with Crippen molar-refractivity contribution in [2.75, 3.05) is 32.8 Å². The van der Waals surface area contributed by atoms with Gasteiger partial charge in [-0.3, -0.25) is 9.59 Å². The number of halogens is 1. The number of anilines is 1. The number of likely N-dealkylation sites (N-methyl/N-ethyl adjacent to an activating group) is 1. The van der Waals surface area contributed by atoms with E-state index in [4.69, 9.17) is 9.47 Å². The smallest absolute Gasteiger partial charge is 0.254 e. The number of carbonyl (C=O) groups excluding carboxylic acids is 2. The fourth-order valence-electron chi connectivity index (χ4n) is 4.48. The summed E-state index contributed by atoms with van der Waals surface area (Å²) in [6, 6.07) is 16.6. The minimum absolute atomic E-state index is 0.180. The second-order valence-corrected chi connectivity index (χ2v) is 10.1. The number of amides is 2. The first kappa shape index (κ1) is 25.1. The molecule has 3 aromatic carbocycles. The van der Waals surface area contributed by atoms with Crippen LogP contribution in [0.25, 0.3) is 0 Å². The summed E-state index contributed by atoms with van der Waals surface area (Å²) in [6.45, 7) is 1.99. The number of thioether (sulfide) groups is 1. The van der Waals surface area contributed by atoms with E-state index in [1.165, 1.54) is 14.2 Å². The average molecular weight is 555 g/mol. The second kappa shape index (κ2) is 10.3. The number of nitrogens with zero attached hydrogens (tertiary/aromatic N) is 1. The second-order valence-electron chi connectivity index (χ2n) is 8.38. The normalized spacial score (nSPS) is 17.1.